The van der Waals surface area contributed by atoms with Gasteiger partial charge in [0.2, 0.25) is 0 Å². The second kappa shape index (κ2) is 8.18. The van der Waals surface area contributed by atoms with Crippen molar-refractivity contribution in [1.82, 2.24) is 0 Å². The normalized spacial score (nSPS) is 15.7. The maximum absolute atomic E-state index is 12.9. The molecule has 0 amide bonds. The molecule has 0 aliphatic heterocycles. The van der Waals surface area contributed by atoms with Gasteiger partial charge in [-0.1, -0.05) is 0 Å². The molecule has 0 saturated carbocycles. The minimum absolute atomic E-state index is 0.0117. The number of aryl methyl sites for hydroxylation is 1. The number of benzene rings is 2. The number of allylic oxidation sites excluding steroid dienone is 3. The number of sulfone groups is 1. The third kappa shape index (κ3) is 4.94. The summed E-state index contributed by atoms with van der Waals surface area (Å²) in [5.74, 6) is 0. The van der Waals surface area contributed by atoms with Gasteiger partial charge in [0.05, 0.1) is 0 Å². The van der Waals surface area contributed by atoms with E-state index in [1.54, 1.807) is 12.1 Å². The van der Waals surface area contributed by atoms with Gasteiger partial charge in [0.25, 0.3) is 0 Å². The Bertz CT molecular complexity index is 879. The Morgan fingerprint density at radius 3 is 2.36 bits per heavy atom. The Balaban J connectivity index is 1.99. The second-order valence-corrected chi connectivity index (χ2v) is 10.4. The zero-order valence-corrected chi connectivity index (χ0v) is 16.8. The van der Waals surface area contributed by atoms with Crippen LogP contribution >= 0.6 is 0 Å². The van der Waals surface area contributed by atoms with Gasteiger partial charge in [-0.3, -0.25) is 0 Å². The van der Waals surface area contributed by atoms with E-state index in [1.807, 2.05) is 37.3 Å². The van der Waals surface area contributed by atoms with Crippen LogP contribution in [0.4, 0.5) is 0 Å². The van der Waals surface area contributed by atoms with Gasteiger partial charge in [0.1, 0.15) is 0 Å². The molecule has 0 N–H and O–H groups in total. The first kappa shape index (κ1) is 18.2. The average molecular weight is 417 g/mol. The van der Waals surface area contributed by atoms with E-state index in [0.29, 0.717) is 4.90 Å². The third-order valence-electron chi connectivity index (χ3n) is 4.19. The molecule has 1 aliphatic rings. The maximum atomic E-state index is 12.9. The quantitative estimate of drug-likeness (QED) is 0.686. The predicted octanol–water partition coefficient (Wildman–Crippen LogP) is 4.14. The van der Waals surface area contributed by atoms with Crippen LogP contribution in [0.3, 0.4) is 0 Å². The number of hydrogen-bond donors (Lipinski definition) is 0. The first-order valence-corrected chi connectivity index (χ1v) is 11.8. The number of hydrogen-bond acceptors (Lipinski definition) is 2. The number of rotatable bonds is 5. The summed E-state index contributed by atoms with van der Waals surface area (Å²) in [5.41, 5.74) is 2.28. The molecule has 2 aromatic carbocycles. The van der Waals surface area contributed by atoms with Gasteiger partial charge in [-0.15, -0.1) is 0 Å². The van der Waals surface area contributed by atoms with Crippen LogP contribution in [0.5, 0.6) is 0 Å². The van der Waals surface area contributed by atoms with Crippen LogP contribution in [-0.4, -0.2) is 23.4 Å². The summed E-state index contributed by atoms with van der Waals surface area (Å²) in [5, 5.41) is 1.52. The molecule has 130 valence electrons. The van der Waals surface area contributed by atoms with E-state index >= 15 is 0 Å². The van der Waals surface area contributed by atoms with E-state index in [0.717, 1.165) is 29.3 Å². The van der Waals surface area contributed by atoms with Crippen molar-refractivity contribution in [3.63, 3.8) is 0 Å². The summed E-state index contributed by atoms with van der Waals surface area (Å²) in [6, 6.07) is 17.3. The summed E-state index contributed by atoms with van der Waals surface area (Å²) in [4.78, 5) is 0.371. The van der Waals surface area contributed by atoms with Gasteiger partial charge >= 0.3 is 157 Å². The van der Waals surface area contributed by atoms with Gasteiger partial charge in [0, 0.05) is 0 Å². The molecular formula is C21H22O2SSe. The molecule has 0 atom stereocenters. The zero-order chi connectivity index (χ0) is 17.7. The molecule has 0 aromatic heterocycles. The van der Waals surface area contributed by atoms with Gasteiger partial charge in [-0.2, -0.15) is 0 Å². The van der Waals surface area contributed by atoms with Crippen molar-refractivity contribution in [3.05, 3.63) is 81.7 Å². The zero-order valence-electron chi connectivity index (χ0n) is 14.3. The molecule has 0 unspecified atom stereocenters. The Kier molecular flexibility index (Phi) is 5.95. The van der Waals surface area contributed by atoms with Crippen molar-refractivity contribution >= 4 is 29.3 Å². The van der Waals surface area contributed by atoms with E-state index in [9.17, 15) is 8.42 Å². The van der Waals surface area contributed by atoms with Crippen LogP contribution in [-0.2, 0) is 9.84 Å². The Hall–Kier alpha value is -1.61. The van der Waals surface area contributed by atoms with E-state index < -0.39 is 9.84 Å². The molecule has 0 bridgehead atoms. The molecule has 1 aliphatic carbocycles. The Morgan fingerprint density at radius 1 is 1.00 bits per heavy atom. The average Bonchev–Trinajstić information content (AvgIpc) is 2.63. The van der Waals surface area contributed by atoms with Crippen LogP contribution in [0, 0.1) is 6.92 Å². The van der Waals surface area contributed by atoms with E-state index in [4.69, 9.17) is 0 Å². The van der Waals surface area contributed by atoms with Crippen LogP contribution in [0.15, 0.2) is 81.0 Å². The molecular weight excluding hydrogens is 395 g/mol. The van der Waals surface area contributed by atoms with Crippen LogP contribution in [0.1, 0.15) is 31.2 Å². The van der Waals surface area contributed by atoms with Crippen molar-refractivity contribution in [2.45, 2.75) is 37.5 Å². The molecule has 2 nitrogen and oxygen atoms in total. The molecule has 0 fully saturated rings. The van der Waals surface area contributed by atoms with Crippen LogP contribution in [0.2, 0.25) is 0 Å². The molecule has 4 heteroatoms. The van der Waals surface area contributed by atoms with E-state index in [1.165, 1.54) is 21.9 Å². The first-order valence-electron chi connectivity index (χ1n) is 8.50. The van der Waals surface area contributed by atoms with Crippen LogP contribution in [0.25, 0.3) is 0 Å². The summed E-state index contributed by atoms with van der Waals surface area (Å²) in [7, 11) is -3.43. The molecule has 3 rings (SSSR count). The van der Waals surface area contributed by atoms with Crippen molar-refractivity contribution < 1.29 is 8.42 Å². The van der Waals surface area contributed by atoms with Crippen LogP contribution < -0.4 is 4.46 Å². The summed E-state index contributed by atoms with van der Waals surface area (Å²) >= 11 is -0.0117. The van der Waals surface area contributed by atoms with Gasteiger partial charge < -0.3 is 0 Å². The van der Waals surface area contributed by atoms with Gasteiger partial charge in [-0.25, -0.2) is 0 Å². The second-order valence-electron chi connectivity index (χ2n) is 6.23. The Morgan fingerprint density at radius 2 is 1.72 bits per heavy atom. The van der Waals surface area contributed by atoms with E-state index in [2.05, 4.69) is 18.2 Å². The summed E-state index contributed by atoms with van der Waals surface area (Å²) < 4.78 is 28.0. The van der Waals surface area contributed by atoms with Gasteiger partial charge in [0.15, 0.2) is 0 Å². The fraction of sp³-hybridized carbons (Fsp3) is 0.238. The third-order valence-corrected chi connectivity index (χ3v) is 8.33. The molecule has 0 radical (unpaired) electrons. The molecule has 0 saturated heterocycles. The van der Waals surface area contributed by atoms with Crippen molar-refractivity contribution in [2.75, 3.05) is 0 Å². The molecule has 0 spiro atoms. The Labute approximate surface area is 156 Å². The van der Waals surface area contributed by atoms with Crippen molar-refractivity contribution in [3.8, 4) is 0 Å². The molecule has 25 heavy (non-hydrogen) atoms. The summed E-state index contributed by atoms with van der Waals surface area (Å²) in [6.45, 7) is 1.96. The van der Waals surface area contributed by atoms with Crippen molar-refractivity contribution in [1.29, 1.82) is 0 Å². The fourth-order valence-electron chi connectivity index (χ4n) is 2.78. The van der Waals surface area contributed by atoms with Gasteiger partial charge in [-0.05, 0) is 0 Å². The summed E-state index contributed by atoms with van der Waals surface area (Å²) in [6.07, 6.45) is 6.58. The molecule has 2 aromatic rings. The minimum atomic E-state index is -3.43. The SMILES string of the molecule is Cc1ccc(S(=O)(=O)/C=C(/[Se]c2ccccc2)C2=CCCCC2)cc1. The van der Waals surface area contributed by atoms with Crippen molar-refractivity contribution in [2.24, 2.45) is 0 Å². The first-order chi connectivity index (χ1) is 12.0. The monoisotopic (exact) mass is 418 g/mol. The van der Waals surface area contributed by atoms with E-state index in [-0.39, 0.29) is 15.0 Å². The topological polar surface area (TPSA) is 34.1 Å². The standard InChI is InChI=1S/C21H22O2SSe/c1-17-12-14-19(15-13-17)24(22,23)16-21(18-8-4-2-5-9-18)25-20-10-6-3-7-11-20/h3,6-8,10-16H,2,4-5,9H2,1H3/b21-16+. The molecule has 0 heterocycles. The fourth-order valence-corrected chi connectivity index (χ4v) is 6.82. The predicted molar refractivity (Wildman–Crippen MR) is 105 cm³/mol.